The minimum atomic E-state index is -0.130. The highest BCUT2D eigenvalue weighted by atomic mass is 16.5. The zero-order valence-electron chi connectivity index (χ0n) is 16.5. The van der Waals surface area contributed by atoms with Crippen LogP contribution in [0, 0.1) is 0 Å². The third-order valence-electron chi connectivity index (χ3n) is 4.24. The fraction of sp³-hybridized carbons (Fsp3) is 0.174. The first-order valence-electron chi connectivity index (χ1n) is 9.23. The molecular formula is C23H24N2O4. The summed E-state index contributed by atoms with van der Waals surface area (Å²) < 4.78 is 16.4. The van der Waals surface area contributed by atoms with Gasteiger partial charge in [-0.05, 0) is 42.0 Å². The van der Waals surface area contributed by atoms with Crippen LogP contribution >= 0.6 is 0 Å². The van der Waals surface area contributed by atoms with Crippen LogP contribution in [0.1, 0.15) is 5.56 Å². The second-order valence-electron chi connectivity index (χ2n) is 6.23. The van der Waals surface area contributed by atoms with E-state index in [0.29, 0.717) is 23.8 Å². The van der Waals surface area contributed by atoms with E-state index in [1.54, 1.807) is 14.2 Å². The Balaban J connectivity index is 1.55. The zero-order valence-corrected chi connectivity index (χ0v) is 16.5. The molecule has 0 heterocycles. The molecule has 0 spiro atoms. The van der Waals surface area contributed by atoms with Crippen LogP contribution in [-0.4, -0.2) is 26.7 Å². The van der Waals surface area contributed by atoms with E-state index in [0.717, 1.165) is 17.0 Å². The fourth-order valence-electron chi connectivity index (χ4n) is 2.75. The largest absolute Gasteiger partial charge is 0.493 e. The highest BCUT2D eigenvalue weighted by Gasteiger charge is 2.08. The van der Waals surface area contributed by atoms with Gasteiger partial charge < -0.3 is 24.8 Å². The molecule has 2 N–H and O–H groups in total. The number of para-hydroxylation sites is 3. The normalized spacial score (nSPS) is 10.1. The van der Waals surface area contributed by atoms with Crippen LogP contribution in [0.3, 0.4) is 0 Å². The van der Waals surface area contributed by atoms with Gasteiger partial charge in [0.15, 0.2) is 17.2 Å². The van der Waals surface area contributed by atoms with Gasteiger partial charge in [0.05, 0.1) is 26.5 Å². The van der Waals surface area contributed by atoms with Crippen molar-refractivity contribution in [2.24, 2.45) is 0 Å². The van der Waals surface area contributed by atoms with Crippen molar-refractivity contribution in [2.45, 2.75) is 6.54 Å². The third kappa shape index (κ3) is 5.65. The highest BCUT2D eigenvalue weighted by molar-refractivity contribution is 5.81. The molecular weight excluding hydrogens is 368 g/mol. The van der Waals surface area contributed by atoms with E-state index in [-0.39, 0.29) is 12.5 Å². The lowest BCUT2D eigenvalue weighted by Gasteiger charge is -2.13. The number of ether oxygens (including phenoxy) is 3. The minimum Gasteiger partial charge on any atom is -0.493 e. The smallest absolute Gasteiger partial charge is 0.239 e. The lowest BCUT2D eigenvalue weighted by atomic mass is 10.2. The third-order valence-corrected chi connectivity index (χ3v) is 4.24. The number of carbonyl (C=O) groups excluding carboxylic acids is 1. The summed E-state index contributed by atoms with van der Waals surface area (Å²) in [4.78, 5) is 12.3. The summed E-state index contributed by atoms with van der Waals surface area (Å²) in [7, 11) is 3.17. The summed E-state index contributed by atoms with van der Waals surface area (Å²) in [5.41, 5.74) is 1.67. The van der Waals surface area contributed by atoms with Crippen LogP contribution < -0.4 is 24.8 Å². The van der Waals surface area contributed by atoms with Gasteiger partial charge in [-0.1, -0.05) is 36.4 Å². The van der Waals surface area contributed by atoms with Gasteiger partial charge in [-0.25, -0.2) is 0 Å². The Labute approximate surface area is 170 Å². The average Bonchev–Trinajstić information content (AvgIpc) is 2.77. The van der Waals surface area contributed by atoms with Crippen LogP contribution in [0.5, 0.6) is 23.0 Å². The van der Waals surface area contributed by atoms with E-state index in [1.807, 2.05) is 72.8 Å². The van der Waals surface area contributed by atoms with Gasteiger partial charge in [-0.2, -0.15) is 0 Å². The van der Waals surface area contributed by atoms with Crippen molar-refractivity contribution in [3.05, 3.63) is 78.4 Å². The van der Waals surface area contributed by atoms with E-state index < -0.39 is 0 Å². The lowest BCUT2D eigenvalue weighted by Crippen LogP contribution is -2.29. The molecule has 0 aromatic heterocycles. The summed E-state index contributed by atoms with van der Waals surface area (Å²) in [6, 6.07) is 22.6. The summed E-state index contributed by atoms with van der Waals surface area (Å²) in [5, 5.41) is 6.02. The van der Waals surface area contributed by atoms with E-state index in [1.165, 1.54) is 0 Å². The van der Waals surface area contributed by atoms with Crippen LogP contribution in [0.4, 0.5) is 5.69 Å². The predicted molar refractivity (Wildman–Crippen MR) is 113 cm³/mol. The number of nitrogens with one attached hydrogen (secondary N) is 2. The molecule has 29 heavy (non-hydrogen) atoms. The van der Waals surface area contributed by atoms with Crippen molar-refractivity contribution < 1.29 is 19.0 Å². The van der Waals surface area contributed by atoms with E-state index >= 15 is 0 Å². The number of amides is 1. The van der Waals surface area contributed by atoms with Gasteiger partial charge in [-0.3, -0.25) is 4.79 Å². The Morgan fingerprint density at radius 1 is 0.828 bits per heavy atom. The molecule has 3 aromatic carbocycles. The molecule has 0 fully saturated rings. The van der Waals surface area contributed by atoms with Gasteiger partial charge in [0.25, 0.3) is 0 Å². The number of benzene rings is 3. The number of hydrogen-bond acceptors (Lipinski definition) is 5. The van der Waals surface area contributed by atoms with Crippen molar-refractivity contribution in [3.8, 4) is 23.0 Å². The number of methoxy groups -OCH3 is 2. The van der Waals surface area contributed by atoms with E-state index in [2.05, 4.69) is 10.6 Å². The Kier molecular flexibility index (Phi) is 6.95. The van der Waals surface area contributed by atoms with Crippen molar-refractivity contribution in [3.63, 3.8) is 0 Å². The standard InChI is InChI=1S/C23H24N2O4/c1-27-21-13-12-17(14-22(21)28-2)15-25-23(26)16-24-19-10-6-7-11-20(19)29-18-8-4-3-5-9-18/h3-14,24H,15-16H2,1-2H3,(H,25,26). The zero-order chi connectivity index (χ0) is 20.5. The molecule has 0 aliphatic carbocycles. The number of carbonyl (C=O) groups is 1. The molecule has 1 amide bonds. The van der Waals surface area contributed by atoms with Crippen molar-refractivity contribution in [2.75, 3.05) is 26.1 Å². The quantitative estimate of drug-likeness (QED) is 0.571. The first-order valence-corrected chi connectivity index (χ1v) is 9.23. The summed E-state index contributed by atoms with van der Waals surface area (Å²) in [5.74, 6) is 2.55. The fourth-order valence-corrected chi connectivity index (χ4v) is 2.75. The molecule has 0 saturated carbocycles. The second kappa shape index (κ2) is 10.0. The Bertz CT molecular complexity index is 945. The maximum absolute atomic E-state index is 12.3. The first kappa shape index (κ1) is 20.1. The predicted octanol–water partition coefficient (Wildman–Crippen LogP) is 4.22. The summed E-state index contributed by atoms with van der Waals surface area (Å²) in [6.45, 7) is 0.519. The molecule has 3 aromatic rings. The molecule has 0 radical (unpaired) electrons. The molecule has 0 aliphatic rings. The molecule has 6 nitrogen and oxygen atoms in total. The van der Waals surface area contributed by atoms with E-state index in [4.69, 9.17) is 14.2 Å². The molecule has 0 bridgehead atoms. The molecule has 0 atom stereocenters. The molecule has 0 aliphatic heterocycles. The van der Waals surface area contributed by atoms with Gasteiger partial charge in [0, 0.05) is 6.54 Å². The van der Waals surface area contributed by atoms with Crippen LogP contribution in [0.25, 0.3) is 0 Å². The molecule has 150 valence electrons. The number of rotatable bonds is 9. The Morgan fingerprint density at radius 3 is 2.31 bits per heavy atom. The maximum Gasteiger partial charge on any atom is 0.239 e. The van der Waals surface area contributed by atoms with Crippen molar-refractivity contribution >= 4 is 11.6 Å². The number of hydrogen-bond donors (Lipinski definition) is 2. The van der Waals surface area contributed by atoms with Gasteiger partial charge in [0.1, 0.15) is 5.75 Å². The van der Waals surface area contributed by atoms with Gasteiger partial charge in [-0.15, -0.1) is 0 Å². The molecule has 0 unspecified atom stereocenters. The topological polar surface area (TPSA) is 68.8 Å². The molecule has 6 heteroatoms. The van der Waals surface area contributed by atoms with Crippen LogP contribution in [0.15, 0.2) is 72.8 Å². The Morgan fingerprint density at radius 2 is 1.55 bits per heavy atom. The maximum atomic E-state index is 12.3. The molecule has 0 saturated heterocycles. The monoisotopic (exact) mass is 392 g/mol. The van der Waals surface area contributed by atoms with Gasteiger partial charge >= 0.3 is 0 Å². The van der Waals surface area contributed by atoms with Gasteiger partial charge in [0.2, 0.25) is 5.91 Å². The average molecular weight is 392 g/mol. The summed E-state index contributed by atoms with van der Waals surface area (Å²) in [6.07, 6.45) is 0. The van der Waals surface area contributed by atoms with Crippen LogP contribution in [0.2, 0.25) is 0 Å². The summed E-state index contributed by atoms with van der Waals surface area (Å²) >= 11 is 0. The number of anilines is 1. The SMILES string of the molecule is COc1ccc(CNC(=O)CNc2ccccc2Oc2ccccc2)cc1OC. The van der Waals surface area contributed by atoms with E-state index in [9.17, 15) is 4.79 Å². The first-order chi connectivity index (χ1) is 14.2. The lowest BCUT2D eigenvalue weighted by molar-refractivity contribution is -0.119. The van der Waals surface area contributed by atoms with Crippen molar-refractivity contribution in [1.82, 2.24) is 5.32 Å². The van der Waals surface area contributed by atoms with Crippen molar-refractivity contribution in [1.29, 1.82) is 0 Å². The van der Waals surface area contributed by atoms with Crippen LogP contribution in [-0.2, 0) is 11.3 Å². The molecule has 3 rings (SSSR count). The Hall–Kier alpha value is -3.67. The minimum absolute atomic E-state index is 0.127. The highest BCUT2D eigenvalue weighted by Crippen LogP contribution is 2.29. The second-order valence-corrected chi connectivity index (χ2v) is 6.23.